The van der Waals surface area contributed by atoms with Crippen LogP contribution in [0.5, 0.6) is 0 Å². The maximum atomic E-state index is 12.9. The van der Waals surface area contributed by atoms with Gasteiger partial charge in [0.2, 0.25) is 15.9 Å². The van der Waals surface area contributed by atoms with Crippen molar-refractivity contribution in [1.82, 2.24) is 9.62 Å². The fraction of sp³-hybridized carbons (Fsp3) is 0.200. The predicted molar refractivity (Wildman–Crippen MR) is 104 cm³/mol. The van der Waals surface area contributed by atoms with Crippen molar-refractivity contribution in [3.8, 4) is 0 Å². The molecule has 142 valence electrons. The number of carbonyl (C=O) groups excluding carboxylic acids is 2. The van der Waals surface area contributed by atoms with Crippen molar-refractivity contribution < 1.29 is 18.0 Å². The number of hydrogen-bond acceptors (Lipinski definition) is 4. The van der Waals surface area contributed by atoms with E-state index in [2.05, 4.69) is 11.9 Å². The lowest BCUT2D eigenvalue weighted by molar-refractivity contribution is -0.121. The number of carbonyl (C=O) groups is 2. The third kappa shape index (κ3) is 5.60. The Morgan fingerprint density at radius 3 is 2.44 bits per heavy atom. The van der Waals surface area contributed by atoms with Gasteiger partial charge in [-0.2, -0.15) is 4.31 Å². The summed E-state index contributed by atoms with van der Waals surface area (Å²) < 4.78 is 26.8. The number of benzene rings is 2. The summed E-state index contributed by atoms with van der Waals surface area (Å²) in [6.45, 7) is 4.87. The molecule has 0 spiro atoms. The van der Waals surface area contributed by atoms with Crippen LogP contribution in [0.25, 0.3) is 0 Å². The lowest BCUT2D eigenvalue weighted by Crippen LogP contribution is -2.40. The molecule has 27 heavy (non-hydrogen) atoms. The van der Waals surface area contributed by atoms with E-state index in [0.29, 0.717) is 12.1 Å². The zero-order chi connectivity index (χ0) is 19.9. The Morgan fingerprint density at radius 1 is 1.11 bits per heavy atom. The largest absolute Gasteiger partial charge is 0.351 e. The van der Waals surface area contributed by atoms with Crippen LogP contribution >= 0.6 is 0 Å². The Hall–Kier alpha value is -2.77. The molecule has 2 rings (SSSR count). The average Bonchev–Trinajstić information content (AvgIpc) is 2.67. The van der Waals surface area contributed by atoms with Crippen molar-refractivity contribution >= 4 is 21.7 Å². The Balaban J connectivity index is 2.15. The zero-order valence-corrected chi connectivity index (χ0v) is 15.9. The van der Waals surface area contributed by atoms with Crippen molar-refractivity contribution in [3.05, 3.63) is 78.4 Å². The summed E-state index contributed by atoms with van der Waals surface area (Å²) in [7, 11) is -3.95. The van der Waals surface area contributed by atoms with Gasteiger partial charge in [0, 0.05) is 18.7 Å². The molecule has 1 N–H and O–H groups in total. The molecule has 0 heterocycles. The quantitative estimate of drug-likeness (QED) is 0.530. The minimum atomic E-state index is -3.95. The molecule has 0 saturated heterocycles. The van der Waals surface area contributed by atoms with E-state index in [4.69, 9.17) is 0 Å². The molecule has 0 bridgehead atoms. The molecule has 0 aliphatic heterocycles. The van der Waals surface area contributed by atoms with E-state index in [1.807, 2.05) is 30.3 Å². The van der Waals surface area contributed by atoms with Crippen molar-refractivity contribution in [2.45, 2.75) is 18.4 Å². The standard InChI is InChI=1S/C20H22N2O4S/c1-3-12-22(15-20(24)21-14-17-8-5-4-6-9-17)27(25,26)19-11-7-10-18(13-19)16(2)23/h3-11,13H,1,12,14-15H2,2H3,(H,21,24). The SMILES string of the molecule is C=CCN(CC(=O)NCc1ccccc1)S(=O)(=O)c1cccc(C(C)=O)c1. The first-order valence-electron chi connectivity index (χ1n) is 8.37. The van der Waals surface area contributed by atoms with Crippen LogP contribution in [0.2, 0.25) is 0 Å². The molecule has 0 atom stereocenters. The van der Waals surface area contributed by atoms with E-state index >= 15 is 0 Å². The van der Waals surface area contributed by atoms with Crippen molar-refractivity contribution in [1.29, 1.82) is 0 Å². The number of nitrogens with zero attached hydrogens (tertiary/aromatic N) is 1. The monoisotopic (exact) mass is 386 g/mol. The Labute approximate surface area is 159 Å². The van der Waals surface area contributed by atoms with Gasteiger partial charge >= 0.3 is 0 Å². The summed E-state index contributed by atoms with van der Waals surface area (Å²) in [5.41, 5.74) is 1.21. The van der Waals surface area contributed by atoms with E-state index in [1.54, 1.807) is 6.07 Å². The van der Waals surface area contributed by atoms with Gasteiger partial charge < -0.3 is 5.32 Å². The first kappa shape index (κ1) is 20.5. The summed E-state index contributed by atoms with van der Waals surface area (Å²) in [6, 6.07) is 15.1. The number of Topliss-reactive ketones (excluding diaryl/α,β-unsaturated/α-hetero) is 1. The number of hydrogen-bond donors (Lipinski definition) is 1. The molecule has 1 amide bonds. The highest BCUT2D eigenvalue weighted by Gasteiger charge is 2.26. The highest BCUT2D eigenvalue weighted by atomic mass is 32.2. The second-order valence-corrected chi connectivity index (χ2v) is 7.87. The molecule has 0 radical (unpaired) electrons. The number of ketones is 1. The van der Waals surface area contributed by atoms with Gasteiger partial charge in [-0.1, -0.05) is 48.5 Å². The highest BCUT2D eigenvalue weighted by Crippen LogP contribution is 2.17. The molecule has 0 fully saturated rings. The summed E-state index contributed by atoms with van der Waals surface area (Å²) in [6.07, 6.45) is 1.41. The number of nitrogens with one attached hydrogen (secondary N) is 1. The summed E-state index contributed by atoms with van der Waals surface area (Å²) in [5, 5.41) is 2.71. The minimum absolute atomic E-state index is 0.0224. The molecule has 0 unspecified atom stereocenters. The minimum Gasteiger partial charge on any atom is -0.351 e. The Morgan fingerprint density at radius 2 is 1.81 bits per heavy atom. The predicted octanol–water partition coefficient (Wildman–Crippen LogP) is 2.38. The van der Waals surface area contributed by atoms with Crippen LogP contribution in [-0.2, 0) is 21.4 Å². The van der Waals surface area contributed by atoms with Crippen LogP contribution in [0.1, 0.15) is 22.8 Å². The van der Waals surface area contributed by atoms with Crippen LogP contribution < -0.4 is 5.32 Å². The maximum Gasteiger partial charge on any atom is 0.243 e. The van der Waals surface area contributed by atoms with E-state index in [-0.39, 0.29) is 23.8 Å². The average molecular weight is 386 g/mol. The van der Waals surface area contributed by atoms with Crippen LogP contribution in [0, 0.1) is 0 Å². The number of sulfonamides is 1. The molecular formula is C20H22N2O4S. The first-order chi connectivity index (χ1) is 12.8. The van der Waals surface area contributed by atoms with Gasteiger partial charge in [0.25, 0.3) is 0 Å². The smallest absolute Gasteiger partial charge is 0.243 e. The molecule has 2 aromatic rings. The van der Waals surface area contributed by atoms with E-state index < -0.39 is 15.9 Å². The molecule has 0 aromatic heterocycles. The maximum absolute atomic E-state index is 12.9. The topological polar surface area (TPSA) is 83.6 Å². The Kier molecular flexibility index (Phi) is 7.04. The number of amides is 1. The molecular weight excluding hydrogens is 364 g/mol. The normalized spacial score (nSPS) is 11.2. The Bertz CT molecular complexity index is 924. The van der Waals surface area contributed by atoms with Gasteiger partial charge in [-0.05, 0) is 24.6 Å². The van der Waals surface area contributed by atoms with Gasteiger partial charge in [-0.25, -0.2) is 8.42 Å². The zero-order valence-electron chi connectivity index (χ0n) is 15.1. The van der Waals surface area contributed by atoms with Gasteiger partial charge in [-0.3, -0.25) is 9.59 Å². The third-order valence-corrected chi connectivity index (χ3v) is 5.67. The molecule has 6 nitrogen and oxygen atoms in total. The van der Waals surface area contributed by atoms with Crippen LogP contribution in [0.4, 0.5) is 0 Å². The summed E-state index contributed by atoms with van der Waals surface area (Å²) >= 11 is 0. The van der Waals surface area contributed by atoms with Gasteiger partial charge in [-0.15, -0.1) is 6.58 Å². The van der Waals surface area contributed by atoms with E-state index in [9.17, 15) is 18.0 Å². The van der Waals surface area contributed by atoms with E-state index in [1.165, 1.54) is 31.2 Å². The number of rotatable bonds is 9. The lowest BCUT2D eigenvalue weighted by Gasteiger charge is -2.20. The highest BCUT2D eigenvalue weighted by molar-refractivity contribution is 7.89. The van der Waals surface area contributed by atoms with E-state index in [0.717, 1.165) is 9.87 Å². The van der Waals surface area contributed by atoms with Crippen LogP contribution in [0.3, 0.4) is 0 Å². The lowest BCUT2D eigenvalue weighted by atomic mass is 10.2. The fourth-order valence-corrected chi connectivity index (χ4v) is 3.84. The van der Waals surface area contributed by atoms with Gasteiger partial charge in [0.1, 0.15) is 0 Å². The van der Waals surface area contributed by atoms with Crippen molar-refractivity contribution in [2.75, 3.05) is 13.1 Å². The third-order valence-electron chi connectivity index (χ3n) is 3.86. The van der Waals surface area contributed by atoms with Crippen molar-refractivity contribution in [3.63, 3.8) is 0 Å². The molecule has 0 aliphatic rings. The molecule has 7 heteroatoms. The van der Waals surface area contributed by atoms with Crippen LogP contribution in [-0.4, -0.2) is 37.5 Å². The second kappa shape index (κ2) is 9.25. The summed E-state index contributed by atoms with van der Waals surface area (Å²) in [5.74, 6) is -0.657. The van der Waals surface area contributed by atoms with Gasteiger partial charge in [0.15, 0.2) is 5.78 Å². The second-order valence-electron chi connectivity index (χ2n) is 5.93. The molecule has 2 aromatic carbocycles. The first-order valence-corrected chi connectivity index (χ1v) is 9.81. The van der Waals surface area contributed by atoms with Crippen molar-refractivity contribution in [2.24, 2.45) is 0 Å². The summed E-state index contributed by atoms with van der Waals surface area (Å²) in [4.78, 5) is 23.7. The molecule has 0 saturated carbocycles. The fourth-order valence-electron chi connectivity index (χ4n) is 2.43. The van der Waals surface area contributed by atoms with Gasteiger partial charge in [0.05, 0.1) is 11.4 Å². The van der Waals surface area contributed by atoms with Crippen LogP contribution in [0.15, 0.2) is 72.1 Å². The molecule has 0 aliphatic carbocycles.